The SMILES string of the molecule is O=c1cc(N(CCO)C2CCC2)nc2ccccn12. The fourth-order valence-corrected chi connectivity index (χ4v) is 2.48. The fourth-order valence-electron chi connectivity index (χ4n) is 2.48. The van der Waals surface area contributed by atoms with Gasteiger partial charge < -0.3 is 10.0 Å². The molecule has 2 heterocycles. The van der Waals surface area contributed by atoms with E-state index in [1.54, 1.807) is 12.3 Å². The van der Waals surface area contributed by atoms with Crippen LogP contribution in [0.5, 0.6) is 0 Å². The molecule has 0 aromatic carbocycles. The van der Waals surface area contributed by atoms with Crippen molar-refractivity contribution in [1.82, 2.24) is 9.38 Å². The van der Waals surface area contributed by atoms with Gasteiger partial charge >= 0.3 is 0 Å². The molecular formula is C14H17N3O2. The minimum atomic E-state index is -0.0807. The first-order valence-corrected chi connectivity index (χ1v) is 6.65. The molecule has 0 unspecified atom stereocenters. The van der Waals surface area contributed by atoms with Crippen LogP contribution in [-0.2, 0) is 0 Å². The van der Waals surface area contributed by atoms with Crippen molar-refractivity contribution in [2.45, 2.75) is 25.3 Å². The Morgan fingerprint density at radius 3 is 2.95 bits per heavy atom. The highest BCUT2D eigenvalue weighted by atomic mass is 16.3. The first-order valence-electron chi connectivity index (χ1n) is 6.65. The van der Waals surface area contributed by atoms with Crippen LogP contribution in [0, 0.1) is 0 Å². The Kier molecular flexibility index (Phi) is 3.21. The Morgan fingerprint density at radius 1 is 1.42 bits per heavy atom. The average Bonchev–Trinajstić information content (AvgIpc) is 2.36. The Morgan fingerprint density at radius 2 is 2.26 bits per heavy atom. The molecule has 1 aliphatic carbocycles. The second-order valence-electron chi connectivity index (χ2n) is 4.88. The molecule has 0 bridgehead atoms. The van der Waals surface area contributed by atoms with Gasteiger partial charge in [-0.15, -0.1) is 0 Å². The number of aromatic nitrogens is 2. The Hall–Kier alpha value is -1.88. The number of aliphatic hydroxyl groups is 1. The molecular weight excluding hydrogens is 242 g/mol. The van der Waals surface area contributed by atoms with E-state index in [2.05, 4.69) is 9.88 Å². The Balaban J connectivity index is 2.05. The second kappa shape index (κ2) is 5.01. The van der Waals surface area contributed by atoms with E-state index in [1.165, 1.54) is 10.8 Å². The molecule has 0 spiro atoms. The molecule has 0 amide bonds. The first kappa shape index (κ1) is 12.2. The van der Waals surface area contributed by atoms with Crippen molar-refractivity contribution in [2.24, 2.45) is 0 Å². The van der Waals surface area contributed by atoms with Gasteiger partial charge in [0.1, 0.15) is 11.5 Å². The van der Waals surface area contributed by atoms with Gasteiger partial charge in [0, 0.05) is 24.8 Å². The van der Waals surface area contributed by atoms with Crippen LogP contribution in [0.15, 0.2) is 35.3 Å². The van der Waals surface area contributed by atoms with Crippen LogP contribution in [0.3, 0.4) is 0 Å². The molecule has 5 nitrogen and oxygen atoms in total. The van der Waals surface area contributed by atoms with Gasteiger partial charge in [-0.3, -0.25) is 9.20 Å². The van der Waals surface area contributed by atoms with E-state index < -0.39 is 0 Å². The molecule has 0 aliphatic heterocycles. The maximum absolute atomic E-state index is 12.1. The van der Waals surface area contributed by atoms with Crippen LogP contribution in [-0.4, -0.2) is 33.7 Å². The predicted molar refractivity (Wildman–Crippen MR) is 73.5 cm³/mol. The number of hydrogen-bond acceptors (Lipinski definition) is 4. The molecule has 1 N–H and O–H groups in total. The largest absolute Gasteiger partial charge is 0.395 e. The van der Waals surface area contributed by atoms with E-state index in [9.17, 15) is 9.90 Å². The zero-order chi connectivity index (χ0) is 13.2. The lowest BCUT2D eigenvalue weighted by molar-refractivity contribution is 0.283. The molecule has 100 valence electrons. The van der Waals surface area contributed by atoms with Crippen LogP contribution < -0.4 is 10.5 Å². The first-order chi connectivity index (χ1) is 9.29. The van der Waals surface area contributed by atoms with Gasteiger partial charge in [-0.05, 0) is 31.4 Å². The molecule has 1 aliphatic rings. The molecule has 1 saturated carbocycles. The summed E-state index contributed by atoms with van der Waals surface area (Å²) in [6, 6.07) is 7.47. The molecule has 0 radical (unpaired) electrons. The third-order valence-electron chi connectivity index (χ3n) is 3.71. The van der Waals surface area contributed by atoms with E-state index in [4.69, 9.17) is 0 Å². The minimum Gasteiger partial charge on any atom is -0.395 e. The summed E-state index contributed by atoms with van der Waals surface area (Å²) in [6.07, 6.45) is 5.14. The fraction of sp³-hybridized carbons (Fsp3) is 0.429. The zero-order valence-corrected chi connectivity index (χ0v) is 10.7. The van der Waals surface area contributed by atoms with E-state index in [0.29, 0.717) is 24.1 Å². The molecule has 2 aromatic heterocycles. The van der Waals surface area contributed by atoms with Crippen molar-refractivity contribution in [3.8, 4) is 0 Å². The highest BCUT2D eigenvalue weighted by Gasteiger charge is 2.26. The standard InChI is InChI=1S/C14H17N3O2/c18-9-8-16(11-4-3-5-11)13-10-14(19)17-7-2-1-6-12(17)15-13/h1-2,6-7,10-11,18H,3-5,8-9H2. The van der Waals surface area contributed by atoms with E-state index in [-0.39, 0.29) is 12.2 Å². The number of pyridine rings is 1. The van der Waals surface area contributed by atoms with Gasteiger partial charge in [-0.1, -0.05) is 6.07 Å². The van der Waals surface area contributed by atoms with Crippen molar-refractivity contribution in [1.29, 1.82) is 0 Å². The van der Waals surface area contributed by atoms with Crippen LogP contribution in [0.2, 0.25) is 0 Å². The highest BCUT2D eigenvalue weighted by molar-refractivity contribution is 5.49. The van der Waals surface area contributed by atoms with Crippen LogP contribution in [0.4, 0.5) is 5.82 Å². The maximum atomic E-state index is 12.1. The van der Waals surface area contributed by atoms with Crippen LogP contribution in [0.25, 0.3) is 5.65 Å². The van der Waals surface area contributed by atoms with Gasteiger partial charge in [0.15, 0.2) is 0 Å². The van der Waals surface area contributed by atoms with Crippen molar-refractivity contribution < 1.29 is 5.11 Å². The summed E-state index contributed by atoms with van der Waals surface area (Å²) < 4.78 is 1.53. The van der Waals surface area contributed by atoms with E-state index >= 15 is 0 Å². The summed E-state index contributed by atoms with van der Waals surface area (Å²) >= 11 is 0. The number of aliphatic hydroxyl groups excluding tert-OH is 1. The maximum Gasteiger partial charge on any atom is 0.259 e. The van der Waals surface area contributed by atoms with Crippen LogP contribution >= 0.6 is 0 Å². The lowest BCUT2D eigenvalue weighted by atomic mass is 9.91. The summed E-state index contributed by atoms with van der Waals surface area (Å²) in [6.45, 7) is 0.604. The number of nitrogens with zero attached hydrogens (tertiary/aromatic N) is 3. The van der Waals surface area contributed by atoms with Gasteiger partial charge in [-0.25, -0.2) is 4.98 Å². The number of anilines is 1. The number of rotatable bonds is 4. The zero-order valence-electron chi connectivity index (χ0n) is 10.7. The van der Waals surface area contributed by atoms with Crippen molar-refractivity contribution >= 4 is 11.5 Å². The lowest BCUT2D eigenvalue weighted by Gasteiger charge is -2.38. The van der Waals surface area contributed by atoms with Gasteiger partial charge in [-0.2, -0.15) is 0 Å². The van der Waals surface area contributed by atoms with E-state index in [0.717, 1.165) is 12.8 Å². The third kappa shape index (κ3) is 2.21. The number of fused-ring (bicyclic) bond motifs is 1. The summed E-state index contributed by atoms with van der Waals surface area (Å²) in [7, 11) is 0. The molecule has 5 heteroatoms. The highest BCUT2D eigenvalue weighted by Crippen LogP contribution is 2.27. The summed E-state index contributed by atoms with van der Waals surface area (Å²) in [4.78, 5) is 18.7. The van der Waals surface area contributed by atoms with Gasteiger partial charge in [0.05, 0.1) is 6.61 Å². The minimum absolute atomic E-state index is 0.0757. The smallest absolute Gasteiger partial charge is 0.259 e. The van der Waals surface area contributed by atoms with Gasteiger partial charge in [0.2, 0.25) is 0 Å². The molecule has 2 aromatic rings. The average molecular weight is 259 g/mol. The monoisotopic (exact) mass is 259 g/mol. The second-order valence-corrected chi connectivity index (χ2v) is 4.88. The van der Waals surface area contributed by atoms with Crippen molar-refractivity contribution in [2.75, 3.05) is 18.1 Å². The molecule has 0 saturated heterocycles. The van der Waals surface area contributed by atoms with Gasteiger partial charge in [0.25, 0.3) is 5.56 Å². The topological polar surface area (TPSA) is 57.8 Å². The molecule has 0 atom stereocenters. The summed E-state index contributed by atoms with van der Waals surface area (Å²) in [5.74, 6) is 0.676. The Labute approximate surface area is 111 Å². The molecule has 1 fully saturated rings. The predicted octanol–water partition coefficient (Wildman–Crippen LogP) is 1.05. The third-order valence-corrected chi connectivity index (χ3v) is 3.71. The van der Waals surface area contributed by atoms with Crippen molar-refractivity contribution in [3.63, 3.8) is 0 Å². The summed E-state index contributed by atoms with van der Waals surface area (Å²) in [5.41, 5.74) is 0.565. The van der Waals surface area contributed by atoms with E-state index in [1.807, 2.05) is 18.2 Å². The summed E-state index contributed by atoms with van der Waals surface area (Å²) in [5, 5.41) is 9.20. The van der Waals surface area contributed by atoms with Crippen molar-refractivity contribution in [3.05, 3.63) is 40.8 Å². The quantitative estimate of drug-likeness (QED) is 0.891. The number of hydrogen-bond donors (Lipinski definition) is 1. The Bertz CT molecular complexity index is 634. The lowest BCUT2D eigenvalue weighted by Crippen LogP contribution is -2.43. The van der Waals surface area contributed by atoms with Crippen LogP contribution in [0.1, 0.15) is 19.3 Å². The molecule has 3 rings (SSSR count). The molecule has 19 heavy (non-hydrogen) atoms. The normalized spacial score (nSPS) is 15.4.